The maximum atomic E-state index is 10.9. The average Bonchev–Trinajstić information content (AvgIpc) is 2.29. The van der Waals surface area contributed by atoms with E-state index in [1.165, 1.54) is 19.3 Å². The molecule has 0 radical (unpaired) electrons. The van der Waals surface area contributed by atoms with E-state index in [1.54, 1.807) is 0 Å². The Morgan fingerprint density at radius 1 is 1.31 bits per heavy atom. The van der Waals surface area contributed by atoms with Crippen LogP contribution in [0.15, 0.2) is 11.8 Å². The molecule has 3 heteroatoms. The van der Waals surface area contributed by atoms with Gasteiger partial charge >= 0.3 is 0 Å². The quantitative estimate of drug-likeness (QED) is 0.384. The predicted octanol–water partition coefficient (Wildman–Crippen LogP) is 4.31. The van der Waals surface area contributed by atoms with Crippen LogP contribution in [0, 0.1) is 16.0 Å². The molecule has 0 N–H and O–H groups in total. The lowest BCUT2D eigenvalue weighted by Crippen LogP contribution is -2.07. The van der Waals surface area contributed by atoms with Crippen molar-refractivity contribution in [3.8, 4) is 0 Å². The zero-order valence-corrected chi connectivity index (χ0v) is 10.3. The van der Waals surface area contributed by atoms with Crippen LogP contribution in [0.5, 0.6) is 0 Å². The van der Waals surface area contributed by atoms with Crippen molar-refractivity contribution in [3.05, 3.63) is 21.9 Å². The van der Waals surface area contributed by atoms with Crippen LogP contribution in [-0.2, 0) is 0 Å². The van der Waals surface area contributed by atoms with Crippen LogP contribution in [-0.4, -0.2) is 4.92 Å². The third-order valence-corrected chi connectivity index (χ3v) is 3.35. The Hall–Kier alpha value is -0.860. The molecule has 1 rings (SSSR count). The molecule has 0 spiro atoms. The highest BCUT2D eigenvalue weighted by Crippen LogP contribution is 2.26. The average molecular weight is 225 g/mol. The van der Waals surface area contributed by atoms with E-state index in [1.807, 2.05) is 6.08 Å². The number of unbranched alkanes of at least 4 members (excludes halogenated alkanes) is 2. The van der Waals surface area contributed by atoms with E-state index in [-0.39, 0.29) is 4.92 Å². The Kier molecular flexibility index (Phi) is 6.12. The molecule has 0 bridgehead atoms. The second-order valence-corrected chi connectivity index (χ2v) is 4.77. The summed E-state index contributed by atoms with van der Waals surface area (Å²) in [6.45, 7) is 2.12. The Morgan fingerprint density at radius 3 is 2.56 bits per heavy atom. The number of nitro groups is 1. The molecule has 0 heterocycles. The molecule has 0 aromatic rings. The van der Waals surface area contributed by atoms with Gasteiger partial charge in [0, 0.05) is 6.42 Å². The third-order valence-electron chi connectivity index (χ3n) is 3.35. The second kappa shape index (κ2) is 7.42. The first-order valence-corrected chi connectivity index (χ1v) is 6.59. The van der Waals surface area contributed by atoms with Crippen molar-refractivity contribution in [1.29, 1.82) is 0 Å². The monoisotopic (exact) mass is 225 g/mol. The number of nitrogens with zero attached hydrogens (tertiary/aromatic N) is 1. The van der Waals surface area contributed by atoms with Gasteiger partial charge in [0.05, 0.1) is 4.92 Å². The molecule has 0 atom stereocenters. The lowest BCUT2D eigenvalue weighted by atomic mass is 9.88. The van der Waals surface area contributed by atoms with E-state index in [0.717, 1.165) is 32.1 Å². The first-order valence-electron chi connectivity index (χ1n) is 6.59. The third kappa shape index (κ3) is 4.77. The van der Waals surface area contributed by atoms with Gasteiger partial charge in [-0.15, -0.1) is 0 Å². The number of allylic oxidation sites excluding steroid dienone is 2. The topological polar surface area (TPSA) is 43.1 Å². The number of hydrogen-bond acceptors (Lipinski definition) is 2. The zero-order valence-electron chi connectivity index (χ0n) is 10.3. The van der Waals surface area contributed by atoms with Gasteiger partial charge in [0.2, 0.25) is 5.70 Å². The largest absolute Gasteiger partial charge is 0.259 e. The van der Waals surface area contributed by atoms with Gasteiger partial charge < -0.3 is 0 Å². The summed E-state index contributed by atoms with van der Waals surface area (Å²) in [4.78, 5) is 10.7. The molecule has 0 aromatic carbocycles. The van der Waals surface area contributed by atoms with Crippen LogP contribution < -0.4 is 0 Å². The first kappa shape index (κ1) is 13.2. The highest BCUT2D eigenvalue weighted by Gasteiger charge is 2.17. The molecule has 1 aliphatic carbocycles. The Labute approximate surface area is 98.1 Å². The lowest BCUT2D eigenvalue weighted by Gasteiger charge is -2.17. The van der Waals surface area contributed by atoms with E-state index >= 15 is 0 Å². The van der Waals surface area contributed by atoms with Crippen molar-refractivity contribution in [3.63, 3.8) is 0 Å². The van der Waals surface area contributed by atoms with Crippen molar-refractivity contribution in [2.24, 2.45) is 5.92 Å². The van der Waals surface area contributed by atoms with Crippen molar-refractivity contribution in [2.75, 3.05) is 0 Å². The smallest absolute Gasteiger partial charge is 0.242 e. The fraction of sp³-hybridized carbons (Fsp3) is 0.846. The summed E-state index contributed by atoms with van der Waals surface area (Å²) in [5.41, 5.74) is 0.459. The molecular weight excluding hydrogens is 202 g/mol. The second-order valence-electron chi connectivity index (χ2n) is 4.77. The minimum Gasteiger partial charge on any atom is -0.259 e. The Balaban J connectivity index is 2.46. The van der Waals surface area contributed by atoms with Crippen LogP contribution in [0.1, 0.15) is 64.7 Å². The van der Waals surface area contributed by atoms with Crippen LogP contribution in [0.2, 0.25) is 0 Å². The van der Waals surface area contributed by atoms with Gasteiger partial charge in [-0.2, -0.15) is 0 Å². The fourth-order valence-electron chi connectivity index (χ4n) is 2.36. The van der Waals surface area contributed by atoms with Gasteiger partial charge in [-0.05, 0) is 31.3 Å². The van der Waals surface area contributed by atoms with Gasteiger partial charge in [-0.1, -0.05) is 39.0 Å². The molecule has 1 saturated carbocycles. The van der Waals surface area contributed by atoms with Crippen molar-refractivity contribution >= 4 is 0 Å². The maximum Gasteiger partial charge on any atom is 0.242 e. The van der Waals surface area contributed by atoms with Gasteiger partial charge in [0.1, 0.15) is 0 Å². The van der Waals surface area contributed by atoms with Gasteiger partial charge in [0.15, 0.2) is 0 Å². The van der Waals surface area contributed by atoms with E-state index in [2.05, 4.69) is 6.92 Å². The van der Waals surface area contributed by atoms with Gasteiger partial charge in [0.25, 0.3) is 0 Å². The summed E-state index contributed by atoms with van der Waals surface area (Å²) < 4.78 is 0. The molecular formula is C13H23NO2. The van der Waals surface area contributed by atoms with Gasteiger partial charge in [-0.25, -0.2) is 0 Å². The Bertz CT molecular complexity index is 242. The minimum atomic E-state index is -0.176. The molecule has 0 unspecified atom stereocenters. The zero-order chi connectivity index (χ0) is 11.8. The van der Waals surface area contributed by atoms with E-state index in [4.69, 9.17) is 0 Å². The first-order chi connectivity index (χ1) is 7.74. The number of rotatable bonds is 6. The normalized spacial score (nSPS) is 18.7. The molecule has 0 saturated heterocycles. The van der Waals surface area contributed by atoms with Crippen LogP contribution in [0.3, 0.4) is 0 Å². The van der Waals surface area contributed by atoms with Crippen LogP contribution in [0.4, 0.5) is 0 Å². The molecule has 1 fully saturated rings. The highest BCUT2D eigenvalue weighted by atomic mass is 16.6. The molecule has 1 aliphatic rings. The summed E-state index contributed by atoms with van der Waals surface area (Å²) in [7, 11) is 0. The van der Waals surface area contributed by atoms with Crippen molar-refractivity contribution in [1.82, 2.24) is 0 Å². The standard InChI is InChI=1S/C13H23NO2/c1-2-3-5-10-13(14(15)16)11-12-8-6-4-7-9-12/h11-12H,2-10H2,1H3. The molecule has 0 amide bonds. The maximum absolute atomic E-state index is 10.9. The summed E-state index contributed by atoms with van der Waals surface area (Å²) in [6, 6.07) is 0. The van der Waals surface area contributed by atoms with Gasteiger partial charge in [-0.3, -0.25) is 10.1 Å². The highest BCUT2D eigenvalue weighted by molar-refractivity contribution is 4.97. The summed E-state index contributed by atoms with van der Waals surface area (Å²) in [5.74, 6) is 0.468. The lowest BCUT2D eigenvalue weighted by molar-refractivity contribution is -0.428. The van der Waals surface area contributed by atoms with Crippen molar-refractivity contribution in [2.45, 2.75) is 64.7 Å². The molecule has 92 valence electrons. The predicted molar refractivity (Wildman–Crippen MR) is 65.8 cm³/mol. The molecule has 0 aromatic heterocycles. The summed E-state index contributed by atoms with van der Waals surface area (Å²) in [6.07, 6.45) is 11.8. The minimum absolute atomic E-state index is 0.176. The summed E-state index contributed by atoms with van der Waals surface area (Å²) in [5, 5.41) is 10.9. The fourth-order valence-corrected chi connectivity index (χ4v) is 2.36. The molecule has 3 nitrogen and oxygen atoms in total. The van der Waals surface area contributed by atoms with E-state index in [9.17, 15) is 10.1 Å². The Morgan fingerprint density at radius 2 is 2.00 bits per heavy atom. The molecule has 0 aliphatic heterocycles. The van der Waals surface area contributed by atoms with E-state index < -0.39 is 0 Å². The van der Waals surface area contributed by atoms with Crippen LogP contribution in [0.25, 0.3) is 0 Å². The van der Waals surface area contributed by atoms with Crippen molar-refractivity contribution < 1.29 is 4.92 Å². The summed E-state index contributed by atoms with van der Waals surface area (Å²) >= 11 is 0. The SMILES string of the molecule is CCCCCC(=CC1CCCCC1)[N+](=O)[O-]. The number of hydrogen-bond donors (Lipinski definition) is 0. The van der Waals surface area contributed by atoms with E-state index in [0.29, 0.717) is 18.0 Å². The van der Waals surface area contributed by atoms with Crippen LogP contribution >= 0.6 is 0 Å². The molecule has 16 heavy (non-hydrogen) atoms.